The number of rotatable bonds is 6. The second-order valence-electron chi connectivity index (χ2n) is 8.20. The first-order valence-corrected chi connectivity index (χ1v) is 9.77. The van der Waals surface area contributed by atoms with E-state index in [0.29, 0.717) is 44.1 Å². The Balaban J connectivity index is 1.65. The van der Waals surface area contributed by atoms with Crippen LogP contribution < -0.4 is 11.5 Å². The second kappa shape index (κ2) is 8.60. The third-order valence-electron chi connectivity index (χ3n) is 6.13. The predicted octanol–water partition coefficient (Wildman–Crippen LogP) is -0.0632. The fraction of sp³-hybridized carbons (Fsp3) is 0.632. The topological polar surface area (TPSA) is 133 Å². The van der Waals surface area contributed by atoms with Gasteiger partial charge in [0.15, 0.2) is 0 Å². The Kier molecular flexibility index (Phi) is 6.42. The van der Waals surface area contributed by atoms with Gasteiger partial charge in [-0.2, -0.15) is 0 Å². The van der Waals surface area contributed by atoms with Crippen molar-refractivity contribution in [2.75, 3.05) is 13.1 Å². The van der Waals surface area contributed by atoms with E-state index in [9.17, 15) is 19.9 Å². The summed E-state index contributed by atoms with van der Waals surface area (Å²) in [6.45, 7) is 1.22. The highest BCUT2D eigenvalue weighted by molar-refractivity contribution is 6.40. The Hall–Kier alpha value is -1.61. The summed E-state index contributed by atoms with van der Waals surface area (Å²) in [6.07, 6.45) is 3.35. The van der Waals surface area contributed by atoms with Gasteiger partial charge in [-0.1, -0.05) is 18.6 Å². The molecule has 2 fully saturated rings. The molecule has 148 valence electrons. The Morgan fingerprint density at radius 2 is 1.93 bits per heavy atom. The average Bonchev–Trinajstić information content (AvgIpc) is 2.77. The van der Waals surface area contributed by atoms with E-state index < -0.39 is 13.2 Å². The highest BCUT2D eigenvalue weighted by Crippen LogP contribution is 2.42. The minimum absolute atomic E-state index is 0.0858. The number of phenolic OH excluding ortho intramolecular Hbond substituents is 1. The van der Waals surface area contributed by atoms with Gasteiger partial charge in [-0.25, -0.2) is 0 Å². The quantitative estimate of drug-likeness (QED) is 0.443. The largest absolute Gasteiger partial charge is 0.508 e. The van der Waals surface area contributed by atoms with Crippen molar-refractivity contribution in [3.63, 3.8) is 0 Å². The number of amides is 1. The van der Waals surface area contributed by atoms with Gasteiger partial charge in [-0.05, 0) is 61.0 Å². The summed E-state index contributed by atoms with van der Waals surface area (Å²) in [7, 11) is -1.31. The van der Waals surface area contributed by atoms with Crippen LogP contribution in [0.4, 0.5) is 0 Å². The monoisotopic (exact) mass is 375 g/mol. The van der Waals surface area contributed by atoms with E-state index in [2.05, 4.69) is 0 Å². The first-order chi connectivity index (χ1) is 12.8. The van der Waals surface area contributed by atoms with Gasteiger partial charge in [0, 0.05) is 19.1 Å². The Labute approximate surface area is 160 Å². The van der Waals surface area contributed by atoms with Gasteiger partial charge >= 0.3 is 7.12 Å². The summed E-state index contributed by atoms with van der Waals surface area (Å²) >= 11 is 0. The fourth-order valence-corrected chi connectivity index (χ4v) is 4.53. The van der Waals surface area contributed by atoms with Crippen LogP contribution in [0.2, 0.25) is 6.32 Å². The molecular formula is C19H30BN3O4. The fourth-order valence-electron chi connectivity index (χ4n) is 4.53. The zero-order chi connectivity index (χ0) is 19.6. The third-order valence-corrected chi connectivity index (χ3v) is 6.13. The van der Waals surface area contributed by atoms with Crippen LogP contribution in [0, 0.1) is 17.8 Å². The van der Waals surface area contributed by atoms with Crippen LogP contribution in [0.15, 0.2) is 24.3 Å². The molecule has 7 nitrogen and oxygen atoms in total. The highest BCUT2D eigenvalue weighted by Gasteiger charge is 2.44. The van der Waals surface area contributed by atoms with Crippen molar-refractivity contribution in [3.05, 3.63) is 29.8 Å². The van der Waals surface area contributed by atoms with Gasteiger partial charge in [0.05, 0.1) is 6.04 Å². The number of phenols is 1. The van der Waals surface area contributed by atoms with Crippen LogP contribution in [0.3, 0.4) is 0 Å². The lowest BCUT2D eigenvalue weighted by molar-refractivity contribution is -0.134. The van der Waals surface area contributed by atoms with Crippen LogP contribution >= 0.6 is 0 Å². The van der Waals surface area contributed by atoms with E-state index in [1.807, 2.05) is 4.90 Å². The van der Waals surface area contributed by atoms with Crippen LogP contribution in [-0.2, 0) is 11.2 Å². The maximum atomic E-state index is 13.0. The number of nitrogens with two attached hydrogens (primary N) is 2. The SMILES string of the molecule is NC1C[C@H]2C[C@H](CCB(O)O)CN(C(=O)[C@@H](N)Cc3ccc(O)cc3)CC12. The molecule has 1 aliphatic heterocycles. The predicted molar refractivity (Wildman–Crippen MR) is 104 cm³/mol. The molecule has 1 heterocycles. The molecule has 7 N–H and O–H groups in total. The van der Waals surface area contributed by atoms with Gasteiger partial charge in [-0.15, -0.1) is 0 Å². The number of carbonyl (C=O) groups excluding carboxylic acids is 1. The summed E-state index contributed by atoms with van der Waals surface area (Å²) in [6, 6.07) is 6.20. The molecule has 2 unspecified atom stereocenters. The highest BCUT2D eigenvalue weighted by atomic mass is 16.4. The van der Waals surface area contributed by atoms with Gasteiger partial charge in [0.25, 0.3) is 0 Å². The second-order valence-corrected chi connectivity index (χ2v) is 8.20. The summed E-state index contributed by atoms with van der Waals surface area (Å²) in [5, 5.41) is 27.8. The van der Waals surface area contributed by atoms with Crippen LogP contribution in [-0.4, -0.2) is 58.3 Å². The zero-order valence-electron chi connectivity index (χ0n) is 15.6. The van der Waals surface area contributed by atoms with Gasteiger partial charge < -0.3 is 31.5 Å². The first kappa shape index (κ1) is 20.1. The van der Waals surface area contributed by atoms with Gasteiger partial charge in [0.2, 0.25) is 5.91 Å². The molecule has 27 heavy (non-hydrogen) atoms. The van der Waals surface area contributed by atoms with E-state index in [4.69, 9.17) is 11.5 Å². The number of carbonyl (C=O) groups is 1. The standard InChI is InChI=1S/C19H30BN3O4/c21-17-9-14-7-13(5-6-20(26)27)10-23(11-16(14)17)19(25)18(22)8-12-1-3-15(24)4-2-12/h1-4,13-14,16-18,24,26-27H,5-11,21-22H2/t13-,14+,16?,17?,18-/m0/s1. The minimum Gasteiger partial charge on any atom is -0.508 e. The maximum Gasteiger partial charge on any atom is 0.451 e. The number of hydrogen-bond donors (Lipinski definition) is 5. The summed E-state index contributed by atoms with van der Waals surface area (Å²) in [5.74, 6) is 1.15. The molecule has 1 saturated carbocycles. The van der Waals surface area contributed by atoms with Crippen molar-refractivity contribution >= 4 is 13.0 Å². The minimum atomic E-state index is -1.31. The molecule has 0 spiro atoms. The molecular weight excluding hydrogens is 345 g/mol. The lowest BCUT2D eigenvalue weighted by atomic mass is 9.66. The van der Waals surface area contributed by atoms with Crippen LogP contribution in [0.25, 0.3) is 0 Å². The summed E-state index contributed by atoms with van der Waals surface area (Å²) in [5.41, 5.74) is 13.3. The molecule has 1 saturated heterocycles. The normalized spacial score (nSPS) is 28.7. The number of likely N-dealkylation sites (tertiary alicyclic amines) is 1. The number of hydrogen-bond acceptors (Lipinski definition) is 6. The Bertz CT molecular complexity index is 642. The Morgan fingerprint density at radius 3 is 2.56 bits per heavy atom. The maximum absolute atomic E-state index is 13.0. The van der Waals surface area contributed by atoms with Gasteiger partial charge in [-0.3, -0.25) is 4.79 Å². The lowest BCUT2D eigenvalue weighted by Crippen LogP contribution is -2.54. The first-order valence-electron chi connectivity index (χ1n) is 9.77. The van der Waals surface area contributed by atoms with E-state index in [0.717, 1.165) is 18.4 Å². The van der Waals surface area contributed by atoms with Crippen molar-refractivity contribution in [1.29, 1.82) is 0 Å². The molecule has 3 rings (SSSR count). The molecule has 1 amide bonds. The molecule has 0 bridgehead atoms. The smallest absolute Gasteiger partial charge is 0.451 e. The number of fused-ring (bicyclic) bond motifs is 1. The average molecular weight is 375 g/mol. The molecule has 2 aliphatic rings. The van der Waals surface area contributed by atoms with E-state index in [1.54, 1.807) is 24.3 Å². The zero-order valence-corrected chi connectivity index (χ0v) is 15.6. The molecule has 8 heteroatoms. The van der Waals surface area contributed by atoms with Crippen molar-refractivity contribution in [3.8, 4) is 5.75 Å². The number of aromatic hydroxyl groups is 1. The molecule has 0 aromatic heterocycles. The van der Waals surface area contributed by atoms with Crippen molar-refractivity contribution in [2.45, 2.75) is 44.1 Å². The molecule has 1 aromatic carbocycles. The number of nitrogens with zero attached hydrogens (tertiary/aromatic N) is 1. The van der Waals surface area contributed by atoms with Crippen LogP contribution in [0.5, 0.6) is 5.75 Å². The van der Waals surface area contributed by atoms with E-state index in [-0.39, 0.29) is 23.6 Å². The van der Waals surface area contributed by atoms with Crippen molar-refractivity contribution < 1.29 is 19.9 Å². The summed E-state index contributed by atoms with van der Waals surface area (Å²) in [4.78, 5) is 14.8. The Morgan fingerprint density at radius 1 is 1.22 bits per heavy atom. The van der Waals surface area contributed by atoms with Gasteiger partial charge in [0.1, 0.15) is 5.75 Å². The molecule has 0 radical (unpaired) electrons. The molecule has 1 aliphatic carbocycles. The van der Waals surface area contributed by atoms with Crippen molar-refractivity contribution in [2.24, 2.45) is 29.2 Å². The van der Waals surface area contributed by atoms with Crippen molar-refractivity contribution in [1.82, 2.24) is 4.90 Å². The van der Waals surface area contributed by atoms with E-state index in [1.165, 1.54) is 0 Å². The van der Waals surface area contributed by atoms with Crippen LogP contribution in [0.1, 0.15) is 24.8 Å². The molecule has 1 aromatic rings. The summed E-state index contributed by atoms with van der Waals surface area (Å²) < 4.78 is 0. The number of benzene rings is 1. The lowest BCUT2D eigenvalue weighted by Gasteiger charge is -2.43. The van der Waals surface area contributed by atoms with E-state index >= 15 is 0 Å². The third kappa shape index (κ3) is 5.01. The molecule has 5 atom stereocenters.